The fourth-order valence-electron chi connectivity index (χ4n) is 5.07. The Labute approximate surface area is 226 Å². The molecular formula is C32H26N2O4Sb-. The molecule has 0 aromatic heterocycles. The van der Waals surface area contributed by atoms with Crippen molar-refractivity contribution in [3.8, 4) is 0 Å². The Morgan fingerprint density at radius 3 is 1.46 bits per heavy atom. The monoisotopic (exact) mass is 623 g/mol. The van der Waals surface area contributed by atoms with E-state index in [0.717, 1.165) is 0 Å². The number of carbonyl (C=O) groups excluding carboxylic acids is 1. The third kappa shape index (κ3) is 3.60. The Bertz CT molecular complexity index is 1550. The molecule has 0 fully saturated rings. The van der Waals surface area contributed by atoms with Crippen LogP contribution in [0.1, 0.15) is 15.9 Å². The summed E-state index contributed by atoms with van der Waals surface area (Å²) in [5, 5.41) is 4.59. The fraction of sp³-hybridized carbons (Fsp3) is 0. The molecule has 1 aliphatic rings. The second kappa shape index (κ2) is 9.42. The third-order valence-corrected chi connectivity index (χ3v) is 23.9. The van der Waals surface area contributed by atoms with Crippen LogP contribution in [0, 0.1) is 0 Å². The van der Waals surface area contributed by atoms with Gasteiger partial charge in [-0.05, 0) is 0 Å². The minimum atomic E-state index is -6.75. The van der Waals surface area contributed by atoms with Crippen molar-refractivity contribution in [2.45, 2.75) is 0 Å². The molecule has 0 bridgehead atoms. The van der Waals surface area contributed by atoms with Crippen LogP contribution in [0.2, 0.25) is 0 Å². The average Bonchev–Trinajstić information content (AvgIpc) is 3.43. The standard InChI is InChI=1S/C7H7NO2.C7H6NO2.3C6H5.Sb/c2*9-7(8-10)6-4-2-1-3-5-6;3*1-2-4-6-5-3-1;/h1-5,10H,(H,8,9);1-5H,(H-,8,9,10);3*1-5H;/q;-1;;;;+2/p-2. The van der Waals surface area contributed by atoms with Crippen LogP contribution in [0.3, 0.4) is 0 Å². The quantitative estimate of drug-likeness (QED) is 0.217. The summed E-state index contributed by atoms with van der Waals surface area (Å²) >= 11 is -6.75. The molecule has 0 unspecified atom stereocenters. The van der Waals surface area contributed by atoms with E-state index in [0.29, 0.717) is 21.7 Å². The van der Waals surface area contributed by atoms with Gasteiger partial charge in [-0.15, -0.1) is 0 Å². The van der Waals surface area contributed by atoms with Gasteiger partial charge in [-0.1, -0.05) is 0 Å². The van der Waals surface area contributed by atoms with Gasteiger partial charge in [-0.3, -0.25) is 0 Å². The number of nitrogens with one attached hydrogen (secondary N) is 1. The van der Waals surface area contributed by atoms with Crippen molar-refractivity contribution in [2.24, 2.45) is 5.16 Å². The number of oxime groups is 1. The molecule has 0 aliphatic carbocycles. The number of nitrogens with zero attached hydrogens (tertiary/aromatic N) is 1. The molecule has 5 aromatic rings. The number of hydrogen-bond acceptors (Lipinski definition) is 5. The average molecular weight is 624 g/mol. The molecule has 1 amide bonds. The van der Waals surface area contributed by atoms with Gasteiger partial charge in [-0.2, -0.15) is 0 Å². The number of carbonyl (C=O) groups is 1. The zero-order valence-corrected chi connectivity index (χ0v) is 23.5. The topological polar surface area (TPSA) is 69.2 Å². The summed E-state index contributed by atoms with van der Waals surface area (Å²) in [7, 11) is 0. The minimum absolute atomic E-state index is 0.259. The number of hydroxylamine groups is 1. The third-order valence-electron chi connectivity index (χ3n) is 7.01. The van der Waals surface area contributed by atoms with Gasteiger partial charge in [-0.25, -0.2) is 0 Å². The Morgan fingerprint density at radius 2 is 1.00 bits per heavy atom. The molecule has 6 nitrogen and oxygen atoms in total. The zero-order chi connectivity index (χ0) is 26.7. The predicted octanol–water partition coefficient (Wildman–Crippen LogP) is 4.33. The van der Waals surface area contributed by atoms with E-state index in [1.54, 1.807) is 24.3 Å². The van der Waals surface area contributed by atoms with Gasteiger partial charge in [0, 0.05) is 0 Å². The van der Waals surface area contributed by atoms with Crippen LogP contribution in [-0.4, -0.2) is 29.1 Å². The molecule has 0 saturated heterocycles. The molecular weight excluding hydrogens is 598 g/mol. The summed E-state index contributed by atoms with van der Waals surface area (Å²) in [6.07, 6.45) is 0. The van der Waals surface area contributed by atoms with E-state index in [2.05, 4.69) is 10.6 Å². The normalized spacial score (nSPS) is 18.0. The van der Waals surface area contributed by atoms with Crippen molar-refractivity contribution < 1.29 is 14.0 Å². The molecule has 6 rings (SSSR count). The molecule has 0 radical (unpaired) electrons. The van der Waals surface area contributed by atoms with Gasteiger partial charge in [0.2, 0.25) is 0 Å². The van der Waals surface area contributed by atoms with Crippen LogP contribution < -0.4 is 16.0 Å². The zero-order valence-electron chi connectivity index (χ0n) is 21.0. The summed E-state index contributed by atoms with van der Waals surface area (Å²) in [6.45, 7) is 0. The van der Waals surface area contributed by atoms with Crippen LogP contribution in [0.15, 0.2) is 157 Å². The van der Waals surface area contributed by atoms with E-state index in [-0.39, 0.29) is 5.90 Å². The maximum atomic E-state index is 13.5. The molecule has 1 heterocycles. The van der Waals surface area contributed by atoms with Crippen LogP contribution in [0.4, 0.5) is 0 Å². The first-order valence-electron chi connectivity index (χ1n) is 12.5. The first-order chi connectivity index (χ1) is 19.1. The van der Waals surface area contributed by atoms with E-state index in [1.807, 2.05) is 127 Å². The van der Waals surface area contributed by atoms with Gasteiger partial charge in [0.25, 0.3) is 0 Å². The van der Waals surface area contributed by atoms with Gasteiger partial charge in [0.05, 0.1) is 0 Å². The summed E-state index contributed by atoms with van der Waals surface area (Å²) in [5.41, 5.74) is 3.90. The van der Waals surface area contributed by atoms with Crippen LogP contribution in [0.5, 0.6) is 0 Å². The van der Waals surface area contributed by atoms with E-state index in [4.69, 9.17) is 9.25 Å². The summed E-state index contributed by atoms with van der Waals surface area (Å²) in [5.74, 6) is -0.181. The Kier molecular flexibility index (Phi) is 6.02. The van der Waals surface area contributed by atoms with Crippen molar-refractivity contribution in [1.29, 1.82) is 0 Å². The van der Waals surface area contributed by atoms with Gasteiger partial charge < -0.3 is 0 Å². The number of benzene rings is 5. The van der Waals surface area contributed by atoms with Crippen molar-refractivity contribution in [1.82, 2.24) is 5.48 Å². The Hall–Kier alpha value is -4.38. The molecule has 39 heavy (non-hydrogen) atoms. The molecule has 1 aliphatic heterocycles. The molecule has 7 heteroatoms. The van der Waals surface area contributed by atoms with Crippen molar-refractivity contribution in [3.63, 3.8) is 0 Å². The molecule has 0 spiro atoms. The van der Waals surface area contributed by atoms with Crippen molar-refractivity contribution >= 4 is 39.6 Å². The molecule has 1 N–H and O–H groups in total. The summed E-state index contributed by atoms with van der Waals surface area (Å²) in [4.78, 5) is 13.5. The van der Waals surface area contributed by atoms with Crippen LogP contribution in [0.25, 0.3) is 0 Å². The van der Waals surface area contributed by atoms with E-state index in [1.165, 1.54) is 0 Å². The van der Waals surface area contributed by atoms with E-state index in [9.17, 15) is 4.79 Å². The predicted molar refractivity (Wildman–Crippen MR) is 154 cm³/mol. The van der Waals surface area contributed by atoms with Gasteiger partial charge in [0.1, 0.15) is 0 Å². The molecule has 0 saturated carbocycles. The van der Waals surface area contributed by atoms with Crippen LogP contribution >= 0.6 is 0 Å². The second-order valence-electron chi connectivity index (χ2n) is 9.21. The first kappa shape index (κ1) is 24.9. The Morgan fingerprint density at radius 1 is 0.590 bits per heavy atom. The van der Waals surface area contributed by atoms with Gasteiger partial charge in [0.15, 0.2) is 0 Å². The van der Waals surface area contributed by atoms with Crippen molar-refractivity contribution in [3.05, 3.63) is 163 Å². The summed E-state index contributed by atoms with van der Waals surface area (Å²) in [6, 6.07) is 47.0. The SMILES string of the molecule is O=C(N[O][Sb-]1([c]2ccccc2)([c]2ccccc2)([c]2ccccc2)[O]N=C(c2ccccc2)[O]1)c1ccccc1. The number of amides is 1. The van der Waals surface area contributed by atoms with E-state index >= 15 is 0 Å². The molecule has 194 valence electrons. The van der Waals surface area contributed by atoms with Crippen LogP contribution in [-0.2, 0) is 9.25 Å². The molecule has 5 aromatic carbocycles. The number of hydrogen-bond donors (Lipinski definition) is 1. The molecule has 0 atom stereocenters. The summed E-state index contributed by atoms with van der Waals surface area (Å²) < 4.78 is 22.9. The maximum absolute atomic E-state index is 13.5. The second-order valence-corrected chi connectivity index (χ2v) is 23.0. The number of rotatable bonds is 7. The Balaban J connectivity index is 1.69. The van der Waals surface area contributed by atoms with E-state index < -0.39 is 23.2 Å². The first-order valence-corrected chi connectivity index (χ1v) is 19.5. The van der Waals surface area contributed by atoms with Gasteiger partial charge >= 0.3 is 227 Å². The fourth-order valence-corrected chi connectivity index (χ4v) is 20.8. The van der Waals surface area contributed by atoms with Crippen molar-refractivity contribution in [2.75, 3.05) is 0 Å².